The van der Waals surface area contributed by atoms with E-state index in [2.05, 4.69) is 21.9 Å². The molecule has 2 rings (SSSR count). The van der Waals surface area contributed by atoms with Gasteiger partial charge in [0.05, 0.1) is 18.5 Å². The van der Waals surface area contributed by atoms with Gasteiger partial charge in [0.2, 0.25) is 0 Å². The number of aliphatic hydroxyl groups excluding tert-OH is 1. The van der Waals surface area contributed by atoms with E-state index in [4.69, 9.17) is 0 Å². The predicted molar refractivity (Wildman–Crippen MR) is 96.4 cm³/mol. The van der Waals surface area contributed by atoms with Gasteiger partial charge in [0.1, 0.15) is 6.33 Å². The van der Waals surface area contributed by atoms with Crippen molar-refractivity contribution >= 4 is 29.4 Å². The number of anilines is 1. The van der Waals surface area contributed by atoms with Gasteiger partial charge in [0.15, 0.2) is 17.0 Å². The average Bonchev–Trinajstić information content (AvgIpc) is 2.90. The Hall–Kier alpha value is -1.40. The van der Waals surface area contributed by atoms with Crippen LogP contribution in [-0.4, -0.2) is 44.8 Å². The molecule has 0 aliphatic heterocycles. The third-order valence-electron chi connectivity index (χ3n) is 4.03. The first kappa shape index (κ1) is 19.6. The largest absolute Gasteiger partial charge is 0.391 e. The molecule has 0 saturated heterocycles. The first-order valence-electron chi connectivity index (χ1n) is 8.09. The molecule has 0 aliphatic carbocycles. The predicted octanol–water partition coefficient (Wildman–Crippen LogP) is 3.21. The lowest BCUT2D eigenvalue weighted by atomic mass is 10.0. The van der Waals surface area contributed by atoms with Crippen molar-refractivity contribution in [3.8, 4) is 0 Å². The molecule has 0 saturated carbocycles. The molecule has 0 bridgehead atoms. The molecule has 7 heteroatoms. The normalized spacial score (nSPS) is 13.6. The Balaban J connectivity index is 0.00000264. The molecule has 1 N–H and O–H groups in total. The number of hydrogen-bond donors (Lipinski definition) is 1. The fourth-order valence-corrected chi connectivity index (χ4v) is 2.80. The van der Waals surface area contributed by atoms with E-state index < -0.39 is 6.10 Å². The van der Waals surface area contributed by atoms with Gasteiger partial charge in [-0.05, 0) is 13.3 Å². The van der Waals surface area contributed by atoms with E-state index in [-0.39, 0.29) is 18.4 Å². The standard InChI is InChI=1S/C16H27N5O.ClH/c1-5-6-7-8-9-13(12(2)22)21-11-19-14-15(20(3)4)17-10-18-16(14)21;/h10-13,22H,5-9H2,1-4H3;1H. The van der Waals surface area contributed by atoms with Crippen LogP contribution in [0.1, 0.15) is 52.0 Å². The van der Waals surface area contributed by atoms with Gasteiger partial charge < -0.3 is 14.6 Å². The molecule has 2 aromatic heterocycles. The molecular formula is C16H28ClN5O. The van der Waals surface area contributed by atoms with Crippen LogP contribution in [0.3, 0.4) is 0 Å². The van der Waals surface area contributed by atoms with Gasteiger partial charge in [-0.1, -0.05) is 32.6 Å². The molecule has 23 heavy (non-hydrogen) atoms. The Kier molecular flexibility index (Phi) is 7.72. The first-order valence-corrected chi connectivity index (χ1v) is 8.09. The zero-order chi connectivity index (χ0) is 16.1. The number of nitrogens with zero attached hydrogens (tertiary/aromatic N) is 5. The van der Waals surface area contributed by atoms with Crippen LogP contribution in [0.4, 0.5) is 5.82 Å². The lowest BCUT2D eigenvalue weighted by Crippen LogP contribution is -2.21. The second-order valence-corrected chi connectivity index (χ2v) is 6.07. The molecule has 0 aromatic carbocycles. The Morgan fingerprint density at radius 3 is 2.52 bits per heavy atom. The highest BCUT2D eigenvalue weighted by Crippen LogP contribution is 2.27. The number of unbranched alkanes of at least 4 members (excludes halogenated alkanes) is 3. The number of rotatable bonds is 8. The van der Waals surface area contributed by atoms with Gasteiger partial charge in [-0.15, -0.1) is 12.4 Å². The van der Waals surface area contributed by atoms with Crippen molar-refractivity contribution < 1.29 is 5.11 Å². The van der Waals surface area contributed by atoms with Gasteiger partial charge in [0, 0.05) is 14.1 Å². The summed E-state index contributed by atoms with van der Waals surface area (Å²) in [6.45, 7) is 4.04. The van der Waals surface area contributed by atoms with Crippen LogP contribution >= 0.6 is 12.4 Å². The number of hydrogen-bond acceptors (Lipinski definition) is 5. The number of aliphatic hydroxyl groups is 1. The van der Waals surface area contributed by atoms with Gasteiger partial charge in [-0.3, -0.25) is 0 Å². The molecule has 6 nitrogen and oxygen atoms in total. The Morgan fingerprint density at radius 2 is 1.91 bits per heavy atom. The third kappa shape index (κ3) is 4.54. The van der Waals surface area contributed by atoms with Crippen molar-refractivity contribution in [2.75, 3.05) is 19.0 Å². The Labute approximate surface area is 144 Å². The van der Waals surface area contributed by atoms with E-state index in [1.54, 1.807) is 12.7 Å². The molecular weight excluding hydrogens is 314 g/mol. The van der Waals surface area contributed by atoms with Crippen LogP contribution in [-0.2, 0) is 0 Å². The van der Waals surface area contributed by atoms with Crippen molar-refractivity contribution in [1.82, 2.24) is 19.5 Å². The van der Waals surface area contributed by atoms with Crippen molar-refractivity contribution in [1.29, 1.82) is 0 Å². The fraction of sp³-hybridized carbons (Fsp3) is 0.688. The topological polar surface area (TPSA) is 67.1 Å². The maximum absolute atomic E-state index is 10.2. The molecule has 130 valence electrons. The molecule has 2 heterocycles. The first-order chi connectivity index (χ1) is 10.6. The molecule has 0 spiro atoms. The molecule has 0 amide bonds. The van der Waals surface area contributed by atoms with Crippen LogP contribution in [0.5, 0.6) is 0 Å². The number of imidazole rings is 1. The lowest BCUT2D eigenvalue weighted by molar-refractivity contribution is 0.124. The van der Waals surface area contributed by atoms with E-state index in [1.165, 1.54) is 19.3 Å². The Bertz CT molecular complexity index is 599. The second kappa shape index (κ2) is 9.03. The van der Waals surface area contributed by atoms with Gasteiger partial charge >= 0.3 is 0 Å². The minimum Gasteiger partial charge on any atom is -0.391 e. The van der Waals surface area contributed by atoms with Gasteiger partial charge in [0.25, 0.3) is 0 Å². The zero-order valence-electron chi connectivity index (χ0n) is 14.4. The minimum absolute atomic E-state index is 0. The van der Waals surface area contributed by atoms with Crippen LogP contribution in [0, 0.1) is 0 Å². The minimum atomic E-state index is -0.434. The van der Waals surface area contributed by atoms with Crippen molar-refractivity contribution in [2.24, 2.45) is 0 Å². The molecule has 0 fully saturated rings. The summed E-state index contributed by atoms with van der Waals surface area (Å²) in [6, 6.07) is 0.00627. The summed E-state index contributed by atoms with van der Waals surface area (Å²) in [7, 11) is 3.88. The van der Waals surface area contributed by atoms with Crippen LogP contribution in [0.15, 0.2) is 12.7 Å². The quantitative estimate of drug-likeness (QED) is 0.747. The maximum Gasteiger partial charge on any atom is 0.165 e. The third-order valence-corrected chi connectivity index (χ3v) is 4.03. The average molecular weight is 342 g/mol. The van der Waals surface area contributed by atoms with E-state index in [0.29, 0.717) is 0 Å². The molecule has 0 aliphatic rings. The van der Waals surface area contributed by atoms with Crippen molar-refractivity contribution in [3.63, 3.8) is 0 Å². The summed E-state index contributed by atoms with van der Waals surface area (Å²) in [5.41, 5.74) is 1.58. The van der Waals surface area contributed by atoms with E-state index >= 15 is 0 Å². The maximum atomic E-state index is 10.2. The highest BCUT2D eigenvalue weighted by atomic mass is 35.5. The monoisotopic (exact) mass is 341 g/mol. The Morgan fingerprint density at radius 1 is 1.17 bits per heavy atom. The smallest absolute Gasteiger partial charge is 0.165 e. The van der Waals surface area contributed by atoms with Gasteiger partial charge in [-0.25, -0.2) is 15.0 Å². The van der Waals surface area contributed by atoms with Crippen molar-refractivity contribution in [2.45, 2.75) is 58.1 Å². The summed E-state index contributed by atoms with van der Waals surface area (Å²) < 4.78 is 2.00. The van der Waals surface area contributed by atoms with Crippen LogP contribution < -0.4 is 4.90 Å². The molecule has 2 unspecified atom stereocenters. The molecule has 2 aromatic rings. The van der Waals surface area contributed by atoms with Crippen LogP contribution in [0.2, 0.25) is 0 Å². The number of halogens is 1. The molecule has 2 atom stereocenters. The second-order valence-electron chi connectivity index (χ2n) is 6.07. The van der Waals surface area contributed by atoms with E-state index in [9.17, 15) is 5.11 Å². The molecule has 0 radical (unpaired) electrons. The highest BCUT2D eigenvalue weighted by Gasteiger charge is 2.21. The van der Waals surface area contributed by atoms with Crippen molar-refractivity contribution in [3.05, 3.63) is 12.7 Å². The summed E-state index contributed by atoms with van der Waals surface area (Å²) in [6.07, 6.45) is 8.60. The fourth-order valence-electron chi connectivity index (χ4n) is 2.80. The summed E-state index contributed by atoms with van der Waals surface area (Å²) >= 11 is 0. The zero-order valence-corrected chi connectivity index (χ0v) is 15.3. The summed E-state index contributed by atoms with van der Waals surface area (Å²) in [5, 5.41) is 10.2. The lowest BCUT2D eigenvalue weighted by Gasteiger charge is -2.22. The number of aromatic nitrogens is 4. The van der Waals surface area contributed by atoms with E-state index in [0.717, 1.165) is 29.8 Å². The SMILES string of the molecule is CCCCCCC(C(C)O)n1cnc2c(N(C)C)ncnc21.Cl. The summed E-state index contributed by atoms with van der Waals surface area (Å²) in [5.74, 6) is 0.805. The highest BCUT2D eigenvalue weighted by molar-refractivity contribution is 5.85. The van der Waals surface area contributed by atoms with E-state index in [1.807, 2.05) is 30.5 Å². The van der Waals surface area contributed by atoms with Crippen LogP contribution in [0.25, 0.3) is 11.2 Å². The number of fused-ring (bicyclic) bond motifs is 1. The van der Waals surface area contributed by atoms with Gasteiger partial charge in [-0.2, -0.15) is 0 Å². The summed E-state index contributed by atoms with van der Waals surface area (Å²) in [4.78, 5) is 15.1.